The summed E-state index contributed by atoms with van der Waals surface area (Å²) in [6.45, 7) is 8.98. The van der Waals surface area contributed by atoms with Crippen LogP contribution < -0.4 is 5.32 Å². The number of ether oxygens (including phenoxy) is 2. The van der Waals surface area contributed by atoms with Crippen molar-refractivity contribution in [2.75, 3.05) is 24.2 Å². The average molecular weight is 498 g/mol. The molecule has 0 aliphatic rings. The fourth-order valence-electron chi connectivity index (χ4n) is 3.44. The van der Waals surface area contributed by atoms with Gasteiger partial charge in [-0.3, -0.25) is 4.79 Å². The maximum atomic E-state index is 12.5. The summed E-state index contributed by atoms with van der Waals surface area (Å²) >= 11 is 1.62. The molecule has 0 amide bonds. The van der Waals surface area contributed by atoms with E-state index in [1.165, 1.54) is 0 Å². The Morgan fingerprint density at radius 1 is 1.09 bits per heavy atom. The van der Waals surface area contributed by atoms with Gasteiger partial charge in [0.25, 0.3) is 0 Å². The second-order valence-electron chi connectivity index (χ2n) is 9.25. The van der Waals surface area contributed by atoms with Gasteiger partial charge in [0.15, 0.2) is 5.16 Å². The SMILES string of the molecule is CCCCOC(=O)c1cccc(NCCCSc2nc3ccccc3n2CC(=O)OC(C)(C)C)c1. The lowest BCUT2D eigenvalue weighted by Crippen LogP contribution is -2.26. The summed E-state index contributed by atoms with van der Waals surface area (Å²) in [4.78, 5) is 29.4. The lowest BCUT2D eigenvalue weighted by atomic mass is 10.2. The van der Waals surface area contributed by atoms with Crippen LogP contribution in [0.3, 0.4) is 0 Å². The normalized spacial score (nSPS) is 11.4. The van der Waals surface area contributed by atoms with Crippen LogP contribution in [0.4, 0.5) is 5.69 Å². The van der Waals surface area contributed by atoms with Crippen molar-refractivity contribution in [1.29, 1.82) is 0 Å². The Kier molecular flexibility index (Phi) is 9.60. The van der Waals surface area contributed by atoms with Gasteiger partial charge in [0.2, 0.25) is 0 Å². The van der Waals surface area contributed by atoms with Crippen molar-refractivity contribution in [3.8, 4) is 0 Å². The van der Waals surface area contributed by atoms with Gasteiger partial charge in [0.1, 0.15) is 12.1 Å². The Bertz CT molecular complexity index is 1140. The summed E-state index contributed by atoms with van der Waals surface area (Å²) < 4.78 is 12.7. The zero-order valence-corrected chi connectivity index (χ0v) is 21.8. The van der Waals surface area contributed by atoms with E-state index < -0.39 is 5.60 Å². The Morgan fingerprint density at radius 2 is 1.89 bits per heavy atom. The van der Waals surface area contributed by atoms with Crippen molar-refractivity contribution >= 4 is 40.4 Å². The van der Waals surface area contributed by atoms with Crippen LogP contribution in [-0.2, 0) is 20.8 Å². The number of imidazole rings is 1. The minimum atomic E-state index is -0.532. The maximum Gasteiger partial charge on any atom is 0.338 e. The Labute approximate surface area is 211 Å². The van der Waals surface area contributed by atoms with E-state index in [0.717, 1.165) is 53.4 Å². The summed E-state index contributed by atoms with van der Waals surface area (Å²) in [5.41, 5.74) is 2.69. The van der Waals surface area contributed by atoms with E-state index in [4.69, 9.17) is 14.5 Å². The number of hydrogen-bond acceptors (Lipinski definition) is 7. The minimum Gasteiger partial charge on any atom is -0.462 e. The molecule has 0 spiro atoms. The second-order valence-corrected chi connectivity index (χ2v) is 10.3. The number of anilines is 1. The third-order valence-corrected chi connectivity index (χ3v) is 6.10. The number of fused-ring (bicyclic) bond motifs is 1. The fourth-order valence-corrected chi connectivity index (χ4v) is 4.39. The van der Waals surface area contributed by atoms with Gasteiger partial charge >= 0.3 is 11.9 Å². The highest BCUT2D eigenvalue weighted by molar-refractivity contribution is 7.99. The van der Waals surface area contributed by atoms with Gasteiger partial charge in [-0.25, -0.2) is 9.78 Å². The molecule has 188 valence electrons. The molecule has 1 aromatic heterocycles. The molecule has 0 aliphatic carbocycles. The Morgan fingerprint density at radius 3 is 2.66 bits per heavy atom. The molecule has 1 N–H and O–H groups in total. The monoisotopic (exact) mass is 497 g/mol. The smallest absolute Gasteiger partial charge is 0.338 e. The molecular weight excluding hydrogens is 462 g/mol. The van der Waals surface area contributed by atoms with Crippen LogP contribution in [0, 0.1) is 0 Å². The zero-order valence-electron chi connectivity index (χ0n) is 21.0. The predicted molar refractivity (Wildman–Crippen MR) is 141 cm³/mol. The largest absolute Gasteiger partial charge is 0.462 e. The average Bonchev–Trinajstić information content (AvgIpc) is 3.15. The molecule has 8 heteroatoms. The Hall–Kier alpha value is -3.00. The minimum absolute atomic E-state index is 0.125. The van der Waals surface area contributed by atoms with Crippen molar-refractivity contribution in [2.45, 2.75) is 64.3 Å². The van der Waals surface area contributed by atoms with E-state index in [0.29, 0.717) is 12.2 Å². The van der Waals surface area contributed by atoms with E-state index in [2.05, 4.69) is 12.2 Å². The van der Waals surface area contributed by atoms with Crippen LogP contribution in [0.15, 0.2) is 53.7 Å². The lowest BCUT2D eigenvalue weighted by Gasteiger charge is -2.20. The summed E-state index contributed by atoms with van der Waals surface area (Å²) in [6, 6.07) is 15.2. The molecular formula is C27H35N3O4S. The van der Waals surface area contributed by atoms with Crippen molar-refractivity contribution < 1.29 is 19.1 Å². The van der Waals surface area contributed by atoms with Crippen molar-refractivity contribution in [1.82, 2.24) is 9.55 Å². The summed E-state index contributed by atoms with van der Waals surface area (Å²) in [5.74, 6) is 0.252. The van der Waals surface area contributed by atoms with Gasteiger partial charge in [-0.05, 0) is 63.9 Å². The molecule has 3 aromatic rings. The molecule has 3 rings (SSSR count). The summed E-state index contributed by atoms with van der Waals surface area (Å²) in [5, 5.41) is 4.17. The standard InChI is InChI=1S/C27H35N3O4S/c1-5-6-16-33-25(32)20-11-9-12-21(18-20)28-15-10-17-35-26-29-22-13-7-8-14-23(22)30(26)19-24(31)34-27(2,3)4/h7-9,11-14,18,28H,5-6,10,15-17,19H2,1-4H3. The van der Waals surface area contributed by atoms with E-state index in [-0.39, 0.29) is 18.5 Å². The third kappa shape index (κ3) is 8.31. The van der Waals surface area contributed by atoms with E-state index in [1.54, 1.807) is 17.8 Å². The molecule has 0 bridgehead atoms. The molecule has 0 saturated heterocycles. The molecule has 7 nitrogen and oxygen atoms in total. The number of rotatable bonds is 12. The number of hydrogen-bond donors (Lipinski definition) is 1. The first-order chi connectivity index (χ1) is 16.8. The molecule has 0 atom stereocenters. The topological polar surface area (TPSA) is 82.5 Å². The molecule has 0 saturated carbocycles. The number of nitrogens with zero attached hydrogens (tertiary/aromatic N) is 2. The fraction of sp³-hybridized carbons (Fsp3) is 0.444. The molecule has 2 aromatic carbocycles. The number of esters is 2. The summed E-state index contributed by atoms with van der Waals surface area (Å²) in [6.07, 6.45) is 2.74. The van der Waals surface area contributed by atoms with Crippen LogP contribution in [0.5, 0.6) is 0 Å². The number of aromatic nitrogens is 2. The first-order valence-corrected chi connectivity index (χ1v) is 13.1. The number of thioether (sulfide) groups is 1. The van der Waals surface area contributed by atoms with Gasteiger partial charge in [-0.15, -0.1) is 0 Å². The second kappa shape index (κ2) is 12.6. The van der Waals surface area contributed by atoms with Crippen LogP contribution in [0.25, 0.3) is 11.0 Å². The Balaban J connectivity index is 1.54. The number of benzene rings is 2. The molecule has 0 radical (unpaired) electrons. The van der Waals surface area contributed by atoms with Gasteiger partial charge in [-0.2, -0.15) is 0 Å². The molecule has 0 unspecified atom stereocenters. The van der Waals surface area contributed by atoms with E-state index >= 15 is 0 Å². The molecule has 35 heavy (non-hydrogen) atoms. The predicted octanol–water partition coefficient (Wildman–Crippen LogP) is 5.93. The highest BCUT2D eigenvalue weighted by Crippen LogP contribution is 2.25. The van der Waals surface area contributed by atoms with Gasteiger partial charge in [0, 0.05) is 18.0 Å². The molecule has 0 fully saturated rings. The van der Waals surface area contributed by atoms with E-state index in [1.807, 2.05) is 67.8 Å². The highest BCUT2D eigenvalue weighted by Gasteiger charge is 2.19. The highest BCUT2D eigenvalue weighted by atomic mass is 32.2. The number of carbonyl (C=O) groups is 2. The number of unbranched alkanes of at least 4 members (excludes halogenated alkanes) is 1. The third-order valence-electron chi connectivity index (χ3n) is 5.04. The van der Waals surface area contributed by atoms with Gasteiger partial charge < -0.3 is 19.4 Å². The van der Waals surface area contributed by atoms with Crippen molar-refractivity contribution in [3.63, 3.8) is 0 Å². The first kappa shape index (κ1) is 26.6. The van der Waals surface area contributed by atoms with Crippen molar-refractivity contribution in [2.24, 2.45) is 0 Å². The zero-order chi connectivity index (χ0) is 25.3. The summed E-state index contributed by atoms with van der Waals surface area (Å²) in [7, 11) is 0. The van der Waals surface area contributed by atoms with Crippen LogP contribution in [-0.4, -0.2) is 46.0 Å². The lowest BCUT2D eigenvalue weighted by molar-refractivity contribution is -0.155. The van der Waals surface area contributed by atoms with Gasteiger partial charge in [0.05, 0.1) is 23.2 Å². The van der Waals surface area contributed by atoms with E-state index in [9.17, 15) is 9.59 Å². The quantitative estimate of drug-likeness (QED) is 0.189. The molecule has 0 aliphatic heterocycles. The maximum absolute atomic E-state index is 12.5. The van der Waals surface area contributed by atoms with Crippen molar-refractivity contribution in [3.05, 3.63) is 54.1 Å². The first-order valence-electron chi connectivity index (χ1n) is 12.1. The van der Waals surface area contributed by atoms with Crippen LogP contribution in [0.2, 0.25) is 0 Å². The number of para-hydroxylation sites is 2. The number of carbonyl (C=O) groups excluding carboxylic acids is 2. The van der Waals surface area contributed by atoms with Gasteiger partial charge in [-0.1, -0.05) is 43.3 Å². The van der Waals surface area contributed by atoms with Crippen LogP contribution >= 0.6 is 11.8 Å². The van der Waals surface area contributed by atoms with Crippen LogP contribution in [0.1, 0.15) is 57.3 Å². The number of nitrogens with one attached hydrogen (secondary N) is 1. The molecule has 1 heterocycles.